The van der Waals surface area contributed by atoms with Gasteiger partial charge in [0.25, 0.3) is 0 Å². The van der Waals surface area contributed by atoms with E-state index in [4.69, 9.17) is 11.6 Å². The van der Waals surface area contributed by atoms with E-state index < -0.39 is 10.0 Å². The summed E-state index contributed by atoms with van der Waals surface area (Å²) in [5.41, 5.74) is 1.83. The molecule has 0 bridgehead atoms. The molecule has 5 heteroatoms. The van der Waals surface area contributed by atoms with Crippen LogP contribution in [-0.2, 0) is 10.0 Å². The van der Waals surface area contributed by atoms with Crippen molar-refractivity contribution in [1.82, 2.24) is 4.31 Å². The van der Waals surface area contributed by atoms with Crippen LogP contribution in [-0.4, -0.2) is 31.2 Å². The number of sulfonamides is 1. The Morgan fingerprint density at radius 3 is 2.33 bits per heavy atom. The highest BCUT2D eigenvalue weighted by molar-refractivity contribution is 7.89. The summed E-state index contributed by atoms with van der Waals surface area (Å²) in [6, 6.07) is 5.27. The van der Waals surface area contributed by atoms with Crippen LogP contribution in [0.1, 0.15) is 25.0 Å². The lowest BCUT2D eigenvalue weighted by Gasteiger charge is -2.25. The van der Waals surface area contributed by atoms with Crippen molar-refractivity contribution in [3.05, 3.63) is 29.3 Å². The maximum absolute atomic E-state index is 12.6. The van der Waals surface area contributed by atoms with Crippen LogP contribution in [0.25, 0.3) is 0 Å². The van der Waals surface area contributed by atoms with Crippen LogP contribution in [0.4, 0.5) is 0 Å². The van der Waals surface area contributed by atoms with Crippen LogP contribution in [0.2, 0.25) is 0 Å². The average Bonchev–Trinajstić information content (AvgIpc) is 2.24. The molecule has 0 saturated carbocycles. The van der Waals surface area contributed by atoms with E-state index in [2.05, 4.69) is 0 Å². The summed E-state index contributed by atoms with van der Waals surface area (Å²) >= 11 is 5.69. The summed E-state index contributed by atoms with van der Waals surface area (Å²) < 4.78 is 26.6. The molecule has 0 radical (unpaired) electrons. The van der Waals surface area contributed by atoms with E-state index in [1.807, 2.05) is 39.8 Å². The summed E-state index contributed by atoms with van der Waals surface area (Å²) in [7, 11) is -3.46. The fourth-order valence-corrected chi connectivity index (χ4v) is 4.08. The Hall–Kier alpha value is -0.580. The third-order valence-electron chi connectivity index (χ3n) is 2.80. The number of aryl methyl sites for hydroxylation is 2. The van der Waals surface area contributed by atoms with Gasteiger partial charge in [-0.15, -0.1) is 11.6 Å². The van der Waals surface area contributed by atoms with Gasteiger partial charge in [-0.25, -0.2) is 8.42 Å². The highest BCUT2D eigenvalue weighted by Gasteiger charge is 2.27. The lowest BCUT2D eigenvalue weighted by Crippen LogP contribution is -2.38. The fraction of sp³-hybridized carbons (Fsp3) is 0.538. The first-order valence-electron chi connectivity index (χ1n) is 5.95. The third-order valence-corrected chi connectivity index (χ3v) is 5.20. The first-order valence-corrected chi connectivity index (χ1v) is 7.93. The molecule has 0 amide bonds. The van der Waals surface area contributed by atoms with Crippen molar-refractivity contribution in [1.29, 1.82) is 0 Å². The van der Waals surface area contributed by atoms with E-state index in [0.717, 1.165) is 11.1 Å². The molecule has 1 rings (SSSR count). The molecule has 0 N–H and O–H groups in total. The normalized spacial score (nSPS) is 12.4. The van der Waals surface area contributed by atoms with Gasteiger partial charge in [0.1, 0.15) is 0 Å². The van der Waals surface area contributed by atoms with Crippen molar-refractivity contribution in [3.8, 4) is 0 Å². The van der Waals surface area contributed by atoms with Gasteiger partial charge in [0, 0.05) is 18.5 Å². The van der Waals surface area contributed by atoms with E-state index in [9.17, 15) is 8.42 Å². The van der Waals surface area contributed by atoms with Gasteiger partial charge in [-0.1, -0.05) is 17.7 Å². The molecule has 0 saturated heterocycles. The molecule has 0 unspecified atom stereocenters. The Balaban J connectivity index is 3.26. The van der Waals surface area contributed by atoms with Crippen molar-refractivity contribution < 1.29 is 8.42 Å². The van der Waals surface area contributed by atoms with Crippen LogP contribution in [0.15, 0.2) is 23.1 Å². The molecule has 18 heavy (non-hydrogen) atoms. The molecule has 0 heterocycles. The summed E-state index contributed by atoms with van der Waals surface area (Å²) in [6.07, 6.45) is 0. The Kier molecular flexibility index (Phi) is 5.20. The zero-order valence-electron chi connectivity index (χ0n) is 11.3. The number of alkyl halides is 1. The van der Waals surface area contributed by atoms with Crippen LogP contribution in [0.5, 0.6) is 0 Å². The number of rotatable bonds is 5. The second-order valence-electron chi connectivity index (χ2n) is 4.67. The largest absolute Gasteiger partial charge is 0.243 e. The number of benzene rings is 1. The van der Waals surface area contributed by atoms with Crippen molar-refractivity contribution in [2.45, 2.75) is 38.6 Å². The SMILES string of the molecule is Cc1ccc(S(=O)(=O)N(CCCl)C(C)C)c(C)c1. The van der Waals surface area contributed by atoms with Crippen LogP contribution < -0.4 is 0 Å². The molecule has 0 aliphatic heterocycles. The molecule has 3 nitrogen and oxygen atoms in total. The van der Waals surface area contributed by atoms with Gasteiger partial charge < -0.3 is 0 Å². The first-order chi connectivity index (χ1) is 8.30. The Labute approximate surface area is 115 Å². The van der Waals surface area contributed by atoms with E-state index in [0.29, 0.717) is 17.3 Å². The minimum absolute atomic E-state index is 0.102. The highest BCUT2D eigenvalue weighted by Crippen LogP contribution is 2.22. The van der Waals surface area contributed by atoms with Crippen molar-refractivity contribution in [3.63, 3.8) is 0 Å². The highest BCUT2D eigenvalue weighted by atomic mass is 35.5. The van der Waals surface area contributed by atoms with Gasteiger partial charge in [0.2, 0.25) is 10.0 Å². The molecular weight excluding hydrogens is 270 g/mol. The average molecular weight is 290 g/mol. The predicted molar refractivity (Wildman–Crippen MR) is 75.7 cm³/mol. The molecule has 0 aliphatic rings. The summed E-state index contributed by atoms with van der Waals surface area (Å²) in [6.45, 7) is 7.80. The van der Waals surface area contributed by atoms with E-state index in [1.165, 1.54) is 4.31 Å². The zero-order chi connectivity index (χ0) is 13.9. The summed E-state index contributed by atoms with van der Waals surface area (Å²) in [5, 5.41) is 0. The molecule has 0 spiro atoms. The molecule has 0 aromatic heterocycles. The smallest absolute Gasteiger partial charge is 0.207 e. The number of halogens is 1. The first kappa shape index (κ1) is 15.5. The minimum Gasteiger partial charge on any atom is -0.207 e. The van der Waals surface area contributed by atoms with Gasteiger partial charge in [0.05, 0.1) is 4.90 Å². The van der Waals surface area contributed by atoms with E-state index in [-0.39, 0.29) is 6.04 Å². The topological polar surface area (TPSA) is 37.4 Å². The number of nitrogens with zero attached hydrogens (tertiary/aromatic N) is 1. The van der Waals surface area contributed by atoms with Crippen molar-refractivity contribution in [2.24, 2.45) is 0 Å². The quantitative estimate of drug-likeness (QED) is 0.782. The van der Waals surface area contributed by atoms with Gasteiger partial charge in [0.15, 0.2) is 0 Å². The van der Waals surface area contributed by atoms with Gasteiger partial charge >= 0.3 is 0 Å². The van der Waals surface area contributed by atoms with Crippen LogP contribution >= 0.6 is 11.6 Å². The lowest BCUT2D eigenvalue weighted by molar-refractivity contribution is 0.370. The summed E-state index contributed by atoms with van der Waals surface area (Å²) in [4.78, 5) is 0.368. The van der Waals surface area contributed by atoms with Gasteiger partial charge in [-0.05, 0) is 39.3 Å². The molecule has 0 atom stereocenters. The maximum atomic E-state index is 12.6. The van der Waals surface area contributed by atoms with Gasteiger partial charge in [-0.2, -0.15) is 4.31 Å². The number of hydrogen-bond donors (Lipinski definition) is 0. The van der Waals surface area contributed by atoms with E-state index in [1.54, 1.807) is 6.07 Å². The Bertz CT molecular complexity index is 512. The van der Waals surface area contributed by atoms with Crippen LogP contribution in [0, 0.1) is 13.8 Å². The molecule has 0 aliphatic carbocycles. The Morgan fingerprint density at radius 2 is 1.89 bits per heavy atom. The monoisotopic (exact) mass is 289 g/mol. The second kappa shape index (κ2) is 6.04. The molecule has 102 valence electrons. The maximum Gasteiger partial charge on any atom is 0.243 e. The second-order valence-corrected chi connectivity index (χ2v) is 6.90. The predicted octanol–water partition coefficient (Wildman–Crippen LogP) is 2.94. The molecule has 0 fully saturated rings. The standard InChI is InChI=1S/C13H20ClNO2S/c1-10(2)15(8-7-14)18(16,17)13-6-5-11(3)9-12(13)4/h5-6,9-10H,7-8H2,1-4H3. The summed E-state index contributed by atoms with van der Waals surface area (Å²) in [5.74, 6) is 0.294. The van der Waals surface area contributed by atoms with Crippen LogP contribution in [0.3, 0.4) is 0 Å². The molecule has 1 aromatic carbocycles. The Morgan fingerprint density at radius 1 is 1.28 bits per heavy atom. The third kappa shape index (κ3) is 3.25. The van der Waals surface area contributed by atoms with Crippen molar-refractivity contribution >= 4 is 21.6 Å². The minimum atomic E-state index is -3.46. The zero-order valence-corrected chi connectivity index (χ0v) is 12.8. The van der Waals surface area contributed by atoms with E-state index >= 15 is 0 Å². The molecule has 1 aromatic rings. The lowest BCUT2D eigenvalue weighted by atomic mass is 10.2. The number of hydrogen-bond acceptors (Lipinski definition) is 2. The fourth-order valence-electron chi connectivity index (χ4n) is 1.95. The molecular formula is C13H20ClNO2S. The van der Waals surface area contributed by atoms with Crippen molar-refractivity contribution in [2.75, 3.05) is 12.4 Å². The van der Waals surface area contributed by atoms with Gasteiger partial charge in [-0.3, -0.25) is 0 Å².